The molecule has 1 aliphatic carbocycles. The van der Waals surface area contributed by atoms with Gasteiger partial charge in [-0.1, -0.05) is 40.2 Å². The van der Waals surface area contributed by atoms with Crippen LogP contribution in [0.4, 0.5) is 0 Å². The van der Waals surface area contributed by atoms with Crippen LogP contribution in [0.2, 0.25) is 0 Å². The first kappa shape index (κ1) is 18.9. The highest BCUT2D eigenvalue weighted by Crippen LogP contribution is 2.35. The van der Waals surface area contributed by atoms with Crippen LogP contribution in [0.15, 0.2) is 18.2 Å². The number of carbonyl (C=O) groups is 1. The molecule has 1 saturated carbocycles. The summed E-state index contributed by atoms with van der Waals surface area (Å²) in [6.45, 7) is 11.1. The van der Waals surface area contributed by atoms with Crippen LogP contribution in [0, 0.1) is 24.7 Å². The van der Waals surface area contributed by atoms with Crippen LogP contribution in [0.1, 0.15) is 58.3 Å². The minimum atomic E-state index is -0.135. The second-order valence-electron chi connectivity index (χ2n) is 8.31. The predicted octanol–water partition coefficient (Wildman–Crippen LogP) is 4.91. The highest BCUT2D eigenvalue weighted by atomic mass is 16.5. The van der Waals surface area contributed by atoms with E-state index in [9.17, 15) is 4.79 Å². The van der Waals surface area contributed by atoms with Gasteiger partial charge >= 0.3 is 5.97 Å². The maximum Gasteiger partial charge on any atom is 0.326 e. The molecule has 0 saturated heterocycles. The fourth-order valence-corrected chi connectivity index (χ4v) is 4.32. The summed E-state index contributed by atoms with van der Waals surface area (Å²) in [4.78, 5) is 17.5. The topological polar surface area (TPSA) is 44.1 Å². The molecule has 3 atom stereocenters. The van der Waals surface area contributed by atoms with Gasteiger partial charge in [-0.25, -0.2) is 4.98 Å². The Labute approximate surface area is 156 Å². The summed E-state index contributed by atoms with van der Waals surface area (Å²) in [5.41, 5.74) is 3.16. The van der Waals surface area contributed by atoms with Gasteiger partial charge in [0.05, 0.1) is 11.0 Å². The number of fused-ring (bicyclic) bond motifs is 1. The zero-order valence-corrected chi connectivity index (χ0v) is 16.8. The maximum atomic E-state index is 12.8. The standard InChI is InChI=1S/C22H32N2O2/c1-6-21-23-18-11-15(4)8-10-19(18)24(21)13-22(25)26-20-12-16(5)7-9-17(20)14(2)3/h8,10-11,14,16-17,20H,6-7,9,12-13H2,1-5H3/t16-,17?,20-/m1/s1. The van der Waals surface area contributed by atoms with Gasteiger partial charge in [0, 0.05) is 6.42 Å². The van der Waals surface area contributed by atoms with Crippen LogP contribution in [0.25, 0.3) is 11.0 Å². The number of esters is 1. The molecular formula is C22H32N2O2. The number of imidazole rings is 1. The molecule has 0 amide bonds. The second-order valence-corrected chi connectivity index (χ2v) is 8.31. The Balaban J connectivity index is 1.78. The van der Waals surface area contributed by atoms with E-state index < -0.39 is 0 Å². The van der Waals surface area contributed by atoms with Crippen molar-refractivity contribution in [1.29, 1.82) is 0 Å². The highest BCUT2D eigenvalue weighted by Gasteiger charge is 2.33. The SMILES string of the molecule is CCc1nc2cc(C)ccc2n1CC(=O)O[C@@H]1C[C@H](C)CCC1C(C)C. The smallest absolute Gasteiger partial charge is 0.326 e. The molecule has 1 aliphatic rings. The van der Waals surface area contributed by atoms with Crippen molar-refractivity contribution in [3.8, 4) is 0 Å². The van der Waals surface area contributed by atoms with E-state index in [1.54, 1.807) is 0 Å². The number of benzene rings is 1. The lowest BCUT2D eigenvalue weighted by atomic mass is 9.75. The molecule has 1 aromatic carbocycles. The van der Waals surface area contributed by atoms with E-state index in [0.717, 1.165) is 36.1 Å². The van der Waals surface area contributed by atoms with Gasteiger partial charge in [-0.15, -0.1) is 0 Å². The van der Waals surface area contributed by atoms with Gasteiger partial charge in [-0.2, -0.15) is 0 Å². The third-order valence-electron chi connectivity index (χ3n) is 5.83. The summed E-state index contributed by atoms with van der Waals surface area (Å²) < 4.78 is 8.02. The summed E-state index contributed by atoms with van der Waals surface area (Å²) >= 11 is 0. The molecule has 142 valence electrons. The molecule has 4 heteroatoms. The van der Waals surface area contributed by atoms with Crippen molar-refractivity contribution < 1.29 is 9.53 Å². The zero-order chi connectivity index (χ0) is 18.8. The lowest BCUT2D eigenvalue weighted by Gasteiger charge is -2.36. The molecule has 0 N–H and O–H groups in total. The van der Waals surface area contributed by atoms with Crippen LogP contribution in [-0.4, -0.2) is 21.6 Å². The molecule has 1 aromatic heterocycles. The predicted molar refractivity (Wildman–Crippen MR) is 105 cm³/mol. The van der Waals surface area contributed by atoms with E-state index in [0.29, 0.717) is 17.8 Å². The van der Waals surface area contributed by atoms with E-state index >= 15 is 0 Å². The van der Waals surface area contributed by atoms with Crippen LogP contribution in [0.5, 0.6) is 0 Å². The third-order valence-corrected chi connectivity index (χ3v) is 5.83. The van der Waals surface area contributed by atoms with Gasteiger partial charge < -0.3 is 9.30 Å². The Morgan fingerprint density at radius 3 is 2.81 bits per heavy atom. The summed E-state index contributed by atoms with van der Waals surface area (Å²) in [6.07, 6.45) is 4.23. The molecule has 1 unspecified atom stereocenters. The normalized spacial score (nSPS) is 23.5. The minimum Gasteiger partial charge on any atom is -0.461 e. The Bertz CT molecular complexity index is 778. The first-order valence-electron chi connectivity index (χ1n) is 10.0. The fourth-order valence-electron chi connectivity index (χ4n) is 4.32. The molecule has 0 bridgehead atoms. The number of ether oxygens (including phenoxy) is 1. The molecule has 0 radical (unpaired) electrons. The number of aryl methyl sites for hydroxylation is 2. The monoisotopic (exact) mass is 356 g/mol. The maximum absolute atomic E-state index is 12.8. The number of rotatable bonds is 5. The van der Waals surface area contributed by atoms with Crippen molar-refractivity contribution in [3.63, 3.8) is 0 Å². The van der Waals surface area contributed by atoms with Crippen LogP contribution < -0.4 is 0 Å². The summed E-state index contributed by atoms with van der Waals surface area (Å²) in [5, 5.41) is 0. The van der Waals surface area contributed by atoms with Crippen molar-refractivity contribution in [2.75, 3.05) is 0 Å². The van der Waals surface area contributed by atoms with E-state index in [1.807, 2.05) is 4.57 Å². The summed E-state index contributed by atoms with van der Waals surface area (Å²) in [6, 6.07) is 6.21. The zero-order valence-electron chi connectivity index (χ0n) is 16.8. The molecule has 1 fully saturated rings. The Morgan fingerprint density at radius 2 is 2.12 bits per heavy atom. The fraction of sp³-hybridized carbons (Fsp3) is 0.636. The largest absolute Gasteiger partial charge is 0.461 e. The number of hydrogen-bond acceptors (Lipinski definition) is 3. The van der Waals surface area contributed by atoms with Crippen molar-refractivity contribution in [1.82, 2.24) is 9.55 Å². The van der Waals surface area contributed by atoms with Crippen molar-refractivity contribution in [3.05, 3.63) is 29.6 Å². The van der Waals surface area contributed by atoms with E-state index in [-0.39, 0.29) is 18.6 Å². The van der Waals surface area contributed by atoms with Crippen molar-refractivity contribution in [2.45, 2.75) is 73.0 Å². The van der Waals surface area contributed by atoms with Gasteiger partial charge in [0.15, 0.2) is 0 Å². The Hall–Kier alpha value is -1.84. The molecule has 0 spiro atoms. The molecular weight excluding hydrogens is 324 g/mol. The number of aromatic nitrogens is 2. The number of nitrogens with zero attached hydrogens (tertiary/aromatic N) is 2. The Morgan fingerprint density at radius 1 is 1.35 bits per heavy atom. The minimum absolute atomic E-state index is 0.0494. The third kappa shape index (κ3) is 3.94. The van der Waals surface area contributed by atoms with Gasteiger partial charge in [0.2, 0.25) is 0 Å². The highest BCUT2D eigenvalue weighted by molar-refractivity contribution is 5.79. The van der Waals surface area contributed by atoms with Crippen LogP contribution >= 0.6 is 0 Å². The molecule has 1 heterocycles. The first-order chi connectivity index (χ1) is 12.4. The Kier molecular flexibility index (Phi) is 5.69. The van der Waals surface area contributed by atoms with Gasteiger partial charge in [0.1, 0.15) is 18.5 Å². The summed E-state index contributed by atoms with van der Waals surface area (Å²) in [7, 11) is 0. The molecule has 26 heavy (non-hydrogen) atoms. The van der Waals surface area contributed by atoms with Gasteiger partial charge in [-0.3, -0.25) is 4.79 Å². The van der Waals surface area contributed by atoms with Crippen LogP contribution in [0.3, 0.4) is 0 Å². The quantitative estimate of drug-likeness (QED) is 0.715. The van der Waals surface area contributed by atoms with Gasteiger partial charge in [-0.05, 0) is 55.2 Å². The lowest BCUT2D eigenvalue weighted by Crippen LogP contribution is -2.36. The molecule has 3 rings (SSSR count). The van der Waals surface area contributed by atoms with Crippen molar-refractivity contribution >= 4 is 17.0 Å². The number of hydrogen-bond donors (Lipinski definition) is 0. The molecule has 2 aromatic rings. The number of carbonyl (C=O) groups excluding carboxylic acids is 1. The van der Waals surface area contributed by atoms with Crippen molar-refractivity contribution in [2.24, 2.45) is 17.8 Å². The molecule has 4 nitrogen and oxygen atoms in total. The summed E-state index contributed by atoms with van der Waals surface area (Å²) in [5.74, 6) is 2.46. The first-order valence-corrected chi connectivity index (χ1v) is 10.0. The average Bonchev–Trinajstić information content (AvgIpc) is 2.91. The van der Waals surface area contributed by atoms with E-state index in [4.69, 9.17) is 9.72 Å². The molecule has 0 aliphatic heterocycles. The van der Waals surface area contributed by atoms with Gasteiger partial charge in [0.25, 0.3) is 0 Å². The van der Waals surface area contributed by atoms with E-state index in [1.165, 1.54) is 12.0 Å². The second kappa shape index (κ2) is 7.81. The van der Waals surface area contributed by atoms with Crippen LogP contribution in [-0.2, 0) is 22.5 Å². The van der Waals surface area contributed by atoms with E-state index in [2.05, 4.69) is 52.8 Å². The average molecular weight is 357 g/mol. The lowest BCUT2D eigenvalue weighted by molar-refractivity contribution is -0.156.